The lowest BCUT2D eigenvalue weighted by molar-refractivity contribution is 0.701. The Hall–Kier alpha value is -1.53. The smallest absolute Gasteiger partial charge is 0.130 e. The van der Waals surface area contributed by atoms with Crippen molar-refractivity contribution in [3.8, 4) is 9.75 Å². The van der Waals surface area contributed by atoms with Crippen molar-refractivity contribution in [1.82, 2.24) is 0 Å². The molecule has 0 aliphatic carbocycles. The van der Waals surface area contributed by atoms with Gasteiger partial charge < -0.3 is 0 Å². The van der Waals surface area contributed by atoms with Crippen LogP contribution < -0.4 is 0 Å². The number of benzene rings is 1. The van der Waals surface area contributed by atoms with Gasteiger partial charge in [0.2, 0.25) is 0 Å². The Balaban J connectivity index is 1.59. The third-order valence-corrected chi connectivity index (χ3v) is 9.31. The van der Waals surface area contributed by atoms with E-state index in [2.05, 4.69) is 53.9 Å². The van der Waals surface area contributed by atoms with Gasteiger partial charge in [0.15, 0.2) is 0 Å². The summed E-state index contributed by atoms with van der Waals surface area (Å²) in [5, 5.41) is 2.10. The van der Waals surface area contributed by atoms with Crippen molar-refractivity contribution in [3.05, 3.63) is 87.5 Å². The monoisotopic (exact) mass is 386 g/mol. The lowest BCUT2D eigenvalue weighted by Crippen LogP contribution is -1.96. The van der Waals surface area contributed by atoms with E-state index in [0.29, 0.717) is 0 Å². The van der Waals surface area contributed by atoms with Crippen molar-refractivity contribution in [2.75, 3.05) is 0 Å². The summed E-state index contributed by atoms with van der Waals surface area (Å²) in [5.41, 5.74) is 1.26. The molecule has 1 aliphatic heterocycles. The summed E-state index contributed by atoms with van der Waals surface area (Å²) in [6, 6.07) is 18.9. The van der Waals surface area contributed by atoms with Crippen molar-refractivity contribution >= 4 is 47.3 Å². The molecule has 1 unspecified atom stereocenters. The van der Waals surface area contributed by atoms with E-state index < -0.39 is 9.45 Å². The SMILES string of the molecule is O=S=S1C(Cc2ccccc2)=CC=C1c1ccc(-c2cccs2)s1. The van der Waals surface area contributed by atoms with E-state index in [4.69, 9.17) is 0 Å². The molecule has 0 radical (unpaired) electrons. The highest BCUT2D eigenvalue weighted by Gasteiger charge is 2.19. The summed E-state index contributed by atoms with van der Waals surface area (Å²) >= 11 is 3.53. The van der Waals surface area contributed by atoms with Crippen LogP contribution in [0.15, 0.2) is 77.0 Å². The first kappa shape index (κ1) is 16.0. The molecule has 0 saturated carbocycles. The van der Waals surface area contributed by atoms with Gasteiger partial charge in [0.05, 0.1) is 0 Å². The standard InChI is InChI=1S/C19H14OS4/c20-23-24-15(13-14-5-2-1-3-6-14)8-11-19(24)18-10-9-17(22-18)16-7-4-12-21-16/h1-12H,13H2. The maximum atomic E-state index is 11.8. The predicted molar refractivity (Wildman–Crippen MR) is 109 cm³/mol. The summed E-state index contributed by atoms with van der Waals surface area (Å²) < 4.78 is 11.8. The molecule has 1 aromatic carbocycles. The van der Waals surface area contributed by atoms with E-state index in [9.17, 15) is 4.21 Å². The summed E-state index contributed by atoms with van der Waals surface area (Å²) in [6.07, 6.45) is 5.12. The van der Waals surface area contributed by atoms with Crippen molar-refractivity contribution in [3.63, 3.8) is 0 Å². The van der Waals surface area contributed by atoms with Crippen LogP contribution in [-0.4, -0.2) is 4.21 Å². The van der Waals surface area contributed by atoms with Gasteiger partial charge in [0.1, 0.15) is 10.2 Å². The minimum Gasteiger partial charge on any atom is -0.205 e. The van der Waals surface area contributed by atoms with Crippen molar-refractivity contribution in [1.29, 1.82) is 0 Å². The maximum absolute atomic E-state index is 11.8. The third-order valence-electron chi connectivity index (χ3n) is 3.76. The fourth-order valence-corrected chi connectivity index (χ4v) is 7.56. The fourth-order valence-electron chi connectivity index (χ4n) is 2.63. The third kappa shape index (κ3) is 3.17. The summed E-state index contributed by atoms with van der Waals surface area (Å²) in [4.78, 5) is 6.18. The van der Waals surface area contributed by atoms with E-state index in [1.165, 1.54) is 30.0 Å². The first-order valence-electron chi connectivity index (χ1n) is 7.48. The molecular formula is C19H14OS4. The zero-order valence-corrected chi connectivity index (χ0v) is 15.9. The molecule has 2 aromatic heterocycles. The second-order valence-electron chi connectivity index (χ2n) is 5.30. The zero-order valence-electron chi connectivity index (χ0n) is 12.7. The average molecular weight is 387 g/mol. The van der Waals surface area contributed by atoms with Crippen LogP contribution in [0.1, 0.15) is 10.4 Å². The van der Waals surface area contributed by atoms with Gasteiger partial charge >= 0.3 is 0 Å². The van der Waals surface area contributed by atoms with Crippen LogP contribution in [-0.2, 0) is 26.1 Å². The van der Waals surface area contributed by atoms with E-state index in [1.807, 2.05) is 18.2 Å². The molecule has 24 heavy (non-hydrogen) atoms. The van der Waals surface area contributed by atoms with Crippen LogP contribution in [0.25, 0.3) is 14.7 Å². The molecule has 3 aromatic rings. The second kappa shape index (κ2) is 7.15. The molecule has 1 aliphatic rings. The number of hydrogen-bond donors (Lipinski definition) is 0. The van der Waals surface area contributed by atoms with Gasteiger partial charge in [-0.15, -0.1) is 22.7 Å². The van der Waals surface area contributed by atoms with Crippen LogP contribution in [0.3, 0.4) is 0 Å². The number of thiophene rings is 2. The Bertz CT molecular complexity index is 972. The topological polar surface area (TPSA) is 17.1 Å². The predicted octanol–water partition coefficient (Wildman–Crippen LogP) is 5.70. The van der Waals surface area contributed by atoms with Gasteiger partial charge in [-0.2, -0.15) is 0 Å². The highest BCUT2D eigenvalue weighted by atomic mass is 32.8. The number of rotatable bonds is 4. The lowest BCUT2D eigenvalue weighted by atomic mass is 10.1. The molecule has 120 valence electrons. The molecule has 1 atom stereocenters. The Kier molecular flexibility index (Phi) is 4.76. The van der Waals surface area contributed by atoms with Gasteiger partial charge in [-0.25, -0.2) is 4.21 Å². The lowest BCUT2D eigenvalue weighted by Gasteiger charge is -2.07. The van der Waals surface area contributed by atoms with E-state index in [0.717, 1.165) is 16.6 Å². The van der Waals surface area contributed by atoms with Gasteiger partial charge in [-0.05, 0) is 44.7 Å². The van der Waals surface area contributed by atoms with Crippen LogP contribution in [0.5, 0.6) is 0 Å². The summed E-state index contributed by atoms with van der Waals surface area (Å²) in [6.45, 7) is 0. The number of hydrogen-bond acceptors (Lipinski definition) is 3. The van der Waals surface area contributed by atoms with Gasteiger partial charge in [-0.1, -0.05) is 42.5 Å². The first-order valence-corrected chi connectivity index (χ1v) is 11.7. The Morgan fingerprint density at radius 2 is 1.71 bits per heavy atom. The molecule has 4 rings (SSSR count). The van der Waals surface area contributed by atoms with Gasteiger partial charge in [0.25, 0.3) is 0 Å². The molecule has 0 bridgehead atoms. The normalized spacial score (nSPS) is 16.8. The Labute approximate surface area is 154 Å². The van der Waals surface area contributed by atoms with Crippen molar-refractivity contribution < 1.29 is 4.21 Å². The molecule has 5 heteroatoms. The molecule has 0 fully saturated rings. The minimum absolute atomic E-state index is 0.398. The highest BCUT2D eigenvalue weighted by molar-refractivity contribution is 8.38. The van der Waals surface area contributed by atoms with Crippen LogP contribution >= 0.6 is 22.7 Å². The zero-order chi connectivity index (χ0) is 16.4. The van der Waals surface area contributed by atoms with Crippen LogP contribution in [0.2, 0.25) is 0 Å². The van der Waals surface area contributed by atoms with Crippen molar-refractivity contribution in [2.45, 2.75) is 6.42 Å². The second-order valence-corrected chi connectivity index (χ2v) is 10.4. The fraction of sp³-hybridized carbons (Fsp3) is 0.0526. The molecule has 1 nitrogen and oxygen atoms in total. The van der Waals surface area contributed by atoms with Gasteiger partial charge in [-0.3, -0.25) is 0 Å². The first-order chi connectivity index (χ1) is 11.8. The maximum Gasteiger partial charge on any atom is 0.130 e. The summed E-state index contributed by atoms with van der Waals surface area (Å²) in [5.74, 6) is 0. The minimum atomic E-state index is -0.398. The molecule has 0 saturated heterocycles. The van der Waals surface area contributed by atoms with Crippen LogP contribution in [0, 0.1) is 0 Å². The van der Waals surface area contributed by atoms with E-state index >= 15 is 0 Å². The highest BCUT2D eigenvalue weighted by Crippen LogP contribution is 2.39. The Morgan fingerprint density at radius 1 is 0.875 bits per heavy atom. The molecule has 0 N–H and O–H groups in total. The largest absolute Gasteiger partial charge is 0.205 e. The van der Waals surface area contributed by atoms with Crippen LogP contribution in [0.4, 0.5) is 0 Å². The summed E-state index contributed by atoms with van der Waals surface area (Å²) in [7, 11) is 0.322. The van der Waals surface area contributed by atoms with E-state index in [1.54, 1.807) is 22.7 Å². The number of allylic oxidation sites excluding steroid dienone is 3. The van der Waals surface area contributed by atoms with E-state index in [-0.39, 0.29) is 0 Å². The van der Waals surface area contributed by atoms with Gasteiger partial charge in [0, 0.05) is 30.9 Å². The average Bonchev–Trinajstić information content (AvgIpc) is 3.35. The van der Waals surface area contributed by atoms with Crippen molar-refractivity contribution in [2.24, 2.45) is 0 Å². The molecular weight excluding hydrogens is 372 g/mol. The molecule has 0 amide bonds. The quantitative estimate of drug-likeness (QED) is 0.562. The molecule has 3 heterocycles. The Morgan fingerprint density at radius 3 is 2.46 bits per heavy atom. The molecule has 0 spiro atoms.